The Morgan fingerprint density at radius 1 is 1.18 bits per heavy atom. The zero-order chi connectivity index (χ0) is 31.5. The minimum atomic E-state index is -1.08. The van der Waals surface area contributed by atoms with E-state index in [0.717, 1.165) is 23.3 Å². The molecule has 5 rings (SSSR count). The van der Waals surface area contributed by atoms with E-state index >= 15 is 0 Å². The number of esters is 1. The first-order valence-electron chi connectivity index (χ1n) is 14.4. The maximum atomic E-state index is 13.7. The van der Waals surface area contributed by atoms with Crippen molar-refractivity contribution in [1.82, 2.24) is 4.98 Å². The lowest BCUT2D eigenvalue weighted by Gasteiger charge is -2.24. The van der Waals surface area contributed by atoms with Crippen molar-refractivity contribution in [2.75, 3.05) is 24.7 Å². The standard InChI is InChI=1S/C33H34N2O8S/c1-6-13-41-24-12-9-20(17-25(24)40-8-3)27-26(28(36)21-10-11-23-22(16-21)15-18(4)43-23)29(37)31(38)35(27)33-34-19(5)30(44-33)32(39)42-14-7-2/h7,9-12,16-18,27,36H,2,6,8,13-15H2,1,3-5H3. The number of aliphatic hydroxyl groups excluding tert-OH is 1. The van der Waals surface area contributed by atoms with Crippen LogP contribution in [0, 0.1) is 6.92 Å². The molecule has 1 saturated heterocycles. The number of carbonyl (C=O) groups excluding carboxylic acids is 3. The molecule has 2 atom stereocenters. The lowest BCUT2D eigenvalue weighted by atomic mass is 9.94. The Hall–Kier alpha value is -4.64. The summed E-state index contributed by atoms with van der Waals surface area (Å²) in [6.07, 6.45) is 2.87. The number of ketones is 1. The van der Waals surface area contributed by atoms with E-state index in [2.05, 4.69) is 11.6 Å². The maximum Gasteiger partial charge on any atom is 0.350 e. The molecule has 1 amide bonds. The Balaban J connectivity index is 1.67. The average Bonchev–Trinajstić information content (AvgIpc) is 3.66. The van der Waals surface area contributed by atoms with Gasteiger partial charge in [0.2, 0.25) is 0 Å². The minimum absolute atomic E-state index is 0.00722. The molecule has 1 fully saturated rings. The zero-order valence-electron chi connectivity index (χ0n) is 25.0. The summed E-state index contributed by atoms with van der Waals surface area (Å²) in [7, 11) is 0. The van der Waals surface area contributed by atoms with Gasteiger partial charge in [-0.25, -0.2) is 9.78 Å². The molecule has 230 valence electrons. The molecule has 10 nitrogen and oxygen atoms in total. The Labute approximate surface area is 259 Å². The van der Waals surface area contributed by atoms with Crippen molar-refractivity contribution in [1.29, 1.82) is 0 Å². The second-order valence-corrected chi connectivity index (χ2v) is 11.4. The third-order valence-corrected chi connectivity index (χ3v) is 8.30. The molecule has 3 aromatic rings. The predicted molar refractivity (Wildman–Crippen MR) is 166 cm³/mol. The van der Waals surface area contributed by atoms with Gasteiger partial charge in [-0.15, -0.1) is 0 Å². The molecule has 0 aliphatic carbocycles. The molecule has 3 heterocycles. The van der Waals surface area contributed by atoms with Crippen LogP contribution in [-0.4, -0.2) is 53.7 Å². The largest absolute Gasteiger partial charge is 0.507 e. The number of amides is 1. The van der Waals surface area contributed by atoms with E-state index in [0.29, 0.717) is 53.7 Å². The first-order valence-corrected chi connectivity index (χ1v) is 15.3. The monoisotopic (exact) mass is 618 g/mol. The highest BCUT2D eigenvalue weighted by molar-refractivity contribution is 7.17. The van der Waals surface area contributed by atoms with E-state index in [1.54, 1.807) is 43.3 Å². The van der Waals surface area contributed by atoms with Crippen molar-refractivity contribution < 1.29 is 38.4 Å². The summed E-state index contributed by atoms with van der Waals surface area (Å²) in [5, 5.41) is 11.8. The van der Waals surface area contributed by atoms with Gasteiger partial charge in [0.15, 0.2) is 16.6 Å². The Morgan fingerprint density at radius 3 is 2.70 bits per heavy atom. The van der Waals surface area contributed by atoms with E-state index in [1.165, 1.54) is 11.0 Å². The summed E-state index contributed by atoms with van der Waals surface area (Å²) >= 11 is 0.931. The fourth-order valence-corrected chi connectivity index (χ4v) is 6.23. The number of aryl methyl sites for hydroxylation is 1. The highest BCUT2D eigenvalue weighted by Gasteiger charge is 2.49. The second-order valence-electron chi connectivity index (χ2n) is 10.4. The average molecular weight is 619 g/mol. The fraction of sp³-hybridized carbons (Fsp3) is 0.333. The van der Waals surface area contributed by atoms with Gasteiger partial charge in [0, 0.05) is 12.0 Å². The number of benzene rings is 2. The number of fused-ring (bicyclic) bond motifs is 1. The van der Waals surface area contributed by atoms with Crippen LogP contribution in [0.5, 0.6) is 17.2 Å². The summed E-state index contributed by atoms with van der Waals surface area (Å²) in [6.45, 7) is 11.8. The van der Waals surface area contributed by atoms with E-state index in [1.807, 2.05) is 20.8 Å². The molecule has 0 bridgehead atoms. The molecule has 1 N–H and O–H groups in total. The fourth-order valence-electron chi connectivity index (χ4n) is 5.24. The molecule has 0 saturated carbocycles. The molecule has 44 heavy (non-hydrogen) atoms. The molecule has 2 aliphatic heterocycles. The van der Waals surface area contributed by atoms with Crippen LogP contribution in [0.3, 0.4) is 0 Å². The van der Waals surface area contributed by atoms with Gasteiger partial charge in [0.05, 0.1) is 30.5 Å². The molecular weight excluding hydrogens is 584 g/mol. The van der Waals surface area contributed by atoms with Crippen LogP contribution in [-0.2, 0) is 20.7 Å². The van der Waals surface area contributed by atoms with Gasteiger partial charge in [-0.3, -0.25) is 14.5 Å². The first-order chi connectivity index (χ1) is 21.2. The number of aromatic nitrogens is 1. The Bertz CT molecular complexity index is 1660. The predicted octanol–water partition coefficient (Wildman–Crippen LogP) is 5.93. The van der Waals surface area contributed by atoms with Gasteiger partial charge in [0.1, 0.15) is 29.1 Å². The summed E-state index contributed by atoms with van der Waals surface area (Å²) in [4.78, 5) is 46.1. The van der Waals surface area contributed by atoms with Gasteiger partial charge in [0.25, 0.3) is 5.78 Å². The van der Waals surface area contributed by atoms with E-state index in [4.69, 9.17) is 18.9 Å². The number of carbonyl (C=O) groups is 3. The summed E-state index contributed by atoms with van der Waals surface area (Å²) in [5.41, 5.74) is 1.98. The number of hydrogen-bond acceptors (Lipinski definition) is 10. The van der Waals surface area contributed by atoms with Crippen LogP contribution < -0.4 is 19.1 Å². The molecule has 2 unspecified atom stereocenters. The normalized spacial score (nSPS) is 18.6. The van der Waals surface area contributed by atoms with Gasteiger partial charge < -0.3 is 24.1 Å². The van der Waals surface area contributed by atoms with Crippen LogP contribution in [0.1, 0.15) is 65.3 Å². The molecule has 2 aliphatic rings. The van der Waals surface area contributed by atoms with Gasteiger partial charge in [-0.1, -0.05) is 37.0 Å². The number of anilines is 1. The Morgan fingerprint density at radius 2 is 1.98 bits per heavy atom. The molecule has 1 aromatic heterocycles. The quantitative estimate of drug-likeness (QED) is 0.0915. The molecule has 0 radical (unpaired) electrons. The highest BCUT2D eigenvalue weighted by atomic mass is 32.1. The number of nitrogens with zero attached hydrogens (tertiary/aromatic N) is 2. The van der Waals surface area contributed by atoms with Crippen molar-refractivity contribution >= 4 is 39.9 Å². The SMILES string of the molecule is C=CCOC(=O)c1sc(N2C(=O)C(=O)C(=C(O)c3ccc4c(c3)CC(C)O4)C2c2ccc(OCCC)c(OCC)c2)nc1C. The van der Waals surface area contributed by atoms with E-state index in [-0.39, 0.29) is 34.1 Å². The van der Waals surface area contributed by atoms with Crippen LogP contribution >= 0.6 is 11.3 Å². The molecule has 2 aromatic carbocycles. The smallest absolute Gasteiger partial charge is 0.350 e. The van der Waals surface area contributed by atoms with Crippen molar-refractivity contribution in [3.05, 3.63) is 81.9 Å². The zero-order valence-corrected chi connectivity index (χ0v) is 25.9. The third-order valence-electron chi connectivity index (χ3n) is 7.17. The van der Waals surface area contributed by atoms with Crippen LogP contribution in [0.15, 0.2) is 54.6 Å². The summed E-state index contributed by atoms with van der Waals surface area (Å²) in [5.74, 6) is -1.07. The topological polar surface area (TPSA) is 124 Å². The Kier molecular flexibility index (Phi) is 9.05. The number of aliphatic hydroxyl groups is 1. The number of hydrogen-bond donors (Lipinski definition) is 1. The van der Waals surface area contributed by atoms with Crippen LogP contribution in [0.2, 0.25) is 0 Å². The second kappa shape index (κ2) is 12.9. The van der Waals surface area contributed by atoms with Crippen molar-refractivity contribution in [3.8, 4) is 17.2 Å². The first kappa shape index (κ1) is 30.8. The number of Topliss-reactive ketones (excluding diaryl/α,β-unsaturated/α-hetero) is 1. The van der Waals surface area contributed by atoms with Crippen LogP contribution in [0.25, 0.3) is 5.76 Å². The van der Waals surface area contributed by atoms with E-state index < -0.39 is 23.7 Å². The number of ether oxygens (including phenoxy) is 4. The number of thiazole rings is 1. The van der Waals surface area contributed by atoms with Crippen molar-refractivity contribution in [2.24, 2.45) is 0 Å². The molecular formula is C33H34N2O8S. The lowest BCUT2D eigenvalue weighted by Crippen LogP contribution is -2.29. The van der Waals surface area contributed by atoms with Crippen LogP contribution in [0.4, 0.5) is 5.13 Å². The maximum absolute atomic E-state index is 13.7. The van der Waals surface area contributed by atoms with E-state index in [9.17, 15) is 19.5 Å². The third kappa shape index (κ3) is 5.79. The highest BCUT2D eigenvalue weighted by Crippen LogP contribution is 2.46. The minimum Gasteiger partial charge on any atom is -0.507 e. The van der Waals surface area contributed by atoms with Gasteiger partial charge in [-0.2, -0.15) is 0 Å². The van der Waals surface area contributed by atoms with Crippen molar-refractivity contribution in [3.63, 3.8) is 0 Å². The molecule has 0 spiro atoms. The molecule has 11 heteroatoms. The summed E-state index contributed by atoms with van der Waals surface area (Å²) in [6, 6.07) is 9.23. The summed E-state index contributed by atoms with van der Waals surface area (Å²) < 4.78 is 22.7. The van der Waals surface area contributed by atoms with Gasteiger partial charge in [-0.05, 0) is 68.7 Å². The number of rotatable bonds is 11. The van der Waals surface area contributed by atoms with Crippen molar-refractivity contribution in [2.45, 2.75) is 52.7 Å². The van der Waals surface area contributed by atoms with Gasteiger partial charge >= 0.3 is 11.9 Å². The lowest BCUT2D eigenvalue weighted by molar-refractivity contribution is -0.132.